The standard InChI is InChI=1S/C58H62O16S/c1-39-31-44(29-30-45(72-57(62)42-23-13-6-14-24-42)34-69-55(60)40-19-9-4-10-20-40)71-50(48(39)36-68-53(59)37-66-2)33-51-49(38-75(64,65)47-27-17-8-18-28-47)54(67-3)52(74-51)32-46(73-58(63)43-25-15-7-16-26-43)35-70-56(61)41-21-11-5-12-22-41/h4-28,44-46,49-52,54H,29-38H2,1-3H3/t44?,45?,46?,49?,50?,51-,52?,54+/m0/s1. The van der Waals surface area contributed by atoms with E-state index in [1.54, 1.807) is 140 Å². The van der Waals surface area contributed by atoms with E-state index in [2.05, 4.69) is 0 Å². The quantitative estimate of drug-likeness (QED) is 0.0307. The Morgan fingerprint density at radius 2 is 1.08 bits per heavy atom. The fourth-order valence-corrected chi connectivity index (χ4v) is 10.9. The van der Waals surface area contributed by atoms with Crippen LogP contribution in [0.1, 0.15) is 80.5 Å². The lowest BCUT2D eigenvalue weighted by Gasteiger charge is -2.36. The minimum absolute atomic E-state index is 0.0505. The SMILES string of the molecule is COCC(=O)OCC1=C(C)CC(CCC(COC(=O)c2ccccc2)OC(=O)c2ccccc2)OC1C[C@@H]1OC(CC(COC(=O)c2ccccc2)OC(=O)c2ccccc2)[C@H](OC)C1CS(=O)(=O)c1ccccc1. The number of benzene rings is 5. The van der Waals surface area contributed by atoms with Crippen LogP contribution < -0.4 is 0 Å². The molecule has 0 amide bonds. The maximum absolute atomic E-state index is 14.3. The summed E-state index contributed by atoms with van der Waals surface area (Å²) >= 11 is 0. The van der Waals surface area contributed by atoms with Crippen molar-refractivity contribution in [2.24, 2.45) is 5.92 Å². The minimum atomic E-state index is -3.99. The summed E-state index contributed by atoms with van der Waals surface area (Å²) in [6, 6.07) is 41.6. The van der Waals surface area contributed by atoms with Crippen LogP contribution in [0.15, 0.2) is 168 Å². The zero-order valence-corrected chi connectivity index (χ0v) is 42.9. The molecule has 1 fully saturated rings. The summed E-state index contributed by atoms with van der Waals surface area (Å²) in [6.07, 6.45) is -5.10. The summed E-state index contributed by atoms with van der Waals surface area (Å²) in [5, 5.41) is 0. The molecule has 0 radical (unpaired) electrons. The lowest BCUT2D eigenvalue weighted by atomic mass is 9.87. The van der Waals surface area contributed by atoms with E-state index in [1.807, 2.05) is 6.92 Å². The van der Waals surface area contributed by atoms with Crippen molar-refractivity contribution in [1.29, 1.82) is 0 Å². The van der Waals surface area contributed by atoms with Crippen molar-refractivity contribution < 1.29 is 75.0 Å². The van der Waals surface area contributed by atoms with E-state index in [0.717, 1.165) is 5.57 Å². The average molecular weight is 1050 g/mol. The number of esters is 5. The Kier molecular flexibility index (Phi) is 20.4. The molecule has 5 aromatic rings. The van der Waals surface area contributed by atoms with Crippen molar-refractivity contribution in [3.63, 3.8) is 0 Å². The van der Waals surface area contributed by atoms with E-state index in [1.165, 1.54) is 26.4 Å². The molecule has 2 aliphatic rings. The predicted octanol–water partition coefficient (Wildman–Crippen LogP) is 8.25. The van der Waals surface area contributed by atoms with Crippen molar-refractivity contribution in [3.05, 3.63) is 185 Å². The number of methoxy groups -OCH3 is 2. The van der Waals surface area contributed by atoms with Gasteiger partial charge < -0.3 is 42.6 Å². The molecule has 0 bridgehead atoms. The third kappa shape index (κ3) is 16.0. The predicted molar refractivity (Wildman–Crippen MR) is 273 cm³/mol. The molecular formula is C58H62O16S. The van der Waals surface area contributed by atoms with Gasteiger partial charge >= 0.3 is 29.8 Å². The maximum atomic E-state index is 14.3. The van der Waals surface area contributed by atoms with E-state index in [9.17, 15) is 32.4 Å². The van der Waals surface area contributed by atoms with E-state index in [-0.39, 0.29) is 61.7 Å². The van der Waals surface area contributed by atoms with Crippen LogP contribution in [0.5, 0.6) is 0 Å². The number of sulfone groups is 1. The summed E-state index contributed by atoms with van der Waals surface area (Å²) in [6.45, 7) is 0.835. The largest absolute Gasteiger partial charge is 0.459 e. The smallest absolute Gasteiger partial charge is 0.338 e. The van der Waals surface area contributed by atoms with Crippen LogP contribution in [0.3, 0.4) is 0 Å². The Bertz CT molecular complexity index is 2790. The molecule has 2 heterocycles. The highest BCUT2D eigenvalue weighted by Gasteiger charge is 2.49. The van der Waals surface area contributed by atoms with Gasteiger partial charge in [0.25, 0.3) is 0 Å². The van der Waals surface area contributed by atoms with Gasteiger partial charge in [-0.05, 0) is 92.4 Å². The van der Waals surface area contributed by atoms with Crippen molar-refractivity contribution >= 4 is 39.7 Å². The first-order valence-electron chi connectivity index (χ1n) is 24.7. The Hall–Kier alpha value is -7.02. The van der Waals surface area contributed by atoms with Crippen LogP contribution in [0.2, 0.25) is 0 Å². The van der Waals surface area contributed by atoms with Crippen molar-refractivity contribution in [2.45, 2.75) is 86.7 Å². The molecule has 0 N–H and O–H groups in total. The van der Waals surface area contributed by atoms with Gasteiger partial charge in [-0.1, -0.05) is 96.6 Å². The zero-order chi connectivity index (χ0) is 53.2. The number of hydrogen-bond acceptors (Lipinski definition) is 16. The van der Waals surface area contributed by atoms with Gasteiger partial charge in [0.2, 0.25) is 0 Å². The van der Waals surface area contributed by atoms with Crippen molar-refractivity contribution in [2.75, 3.05) is 46.4 Å². The van der Waals surface area contributed by atoms with Gasteiger partial charge in [-0.2, -0.15) is 0 Å². The third-order valence-corrected chi connectivity index (χ3v) is 14.8. The van der Waals surface area contributed by atoms with E-state index in [0.29, 0.717) is 29.5 Å². The van der Waals surface area contributed by atoms with Gasteiger partial charge in [-0.15, -0.1) is 0 Å². The molecule has 17 heteroatoms. The van der Waals surface area contributed by atoms with Crippen LogP contribution >= 0.6 is 0 Å². The number of carbonyl (C=O) groups excluding carboxylic acids is 5. The van der Waals surface area contributed by atoms with Gasteiger partial charge in [-0.3, -0.25) is 0 Å². The highest BCUT2D eigenvalue weighted by Crippen LogP contribution is 2.40. The summed E-state index contributed by atoms with van der Waals surface area (Å²) in [5.41, 5.74) is 2.68. The summed E-state index contributed by atoms with van der Waals surface area (Å²) < 4.78 is 82.6. The average Bonchev–Trinajstić information content (AvgIpc) is 3.74. The Balaban J connectivity index is 1.16. The van der Waals surface area contributed by atoms with E-state index in [4.69, 9.17) is 42.6 Å². The van der Waals surface area contributed by atoms with E-state index >= 15 is 0 Å². The molecule has 2 aliphatic heterocycles. The second-order valence-corrected chi connectivity index (χ2v) is 20.3. The van der Waals surface area contributed by atoms with Crippen LogP contribution in [-0.2, 0) is 57.3 Å². The number of ether oxygens (including phenoxy) is 9. The Morgan fingerprint density at radius 1 is 0.600 bits per heavy atom. The van der Waals surface area contributed by atoms with Crippen LogP contribution in [0.25, 0.3) is 0 Å². The number of carbonyl (C=O) groups is 5. The van der Waals surface area contributed by atoms with Gasteiger partial charge in [0, 0.05) is 33.0 Å². The highest BCUT2D eigenvalue weighted by atomic mass is 32.2. The fourth-order valence-electron chi connectivity index (χ4n) is 9.24. The van der Waals surface area contributed by atoms with E-state index < -0.39 is 94.1 Å². The second-order valence-electron chi connectivity index (χ2n) is 18.3. The molecule has 1 saturated heterocycles. The molecule has 75 heavy (non-hydrogen) atoms. The minimum Gasteiger partial charge on any atom is -0.459 e. The number of hydrogen-bond donors (Lipinski definition) is 0. The van der Waals surface area contributed by atoms with Gasteiger partial charge in [-0.25, -0.2) is 32.4 Å². The normalized spacial score (nSPS) is 20.3. The lowest BCUT2D eigenvalue weighted by Crippen LogP contribution is -2.40. The molecule has 396 valence electrons. The molecule has 5 aromatic carbocycles. The Morgan fingerprint density at radius 3 is 1.59 bits per heavy atom. The molecule has 0 saturated carbocycles. The van der Waals surface area contributed by atoms with Gasteiger partial charge in [0.05, 0.1) is 63.4 Å². The highest BCUT2D eigenvalue weighted by molar-refractivity contribution is 7.91. The fraction of sp³-hybridized carbons (Fsp3) is 0.362. The van der Waals surface area contributed by atoms with Crippen LogP contribution in [0.4, 0.5) is 0 Å². The van der Waals surface area contributed by atoms with Gasteiger partial charge in [0.1, 0.15) is 38.6 Å². The van der Waals surface area contributed by atoms with Crippen LogP contribution in [0, 0.1) is 5.92 Å². The number of rotatable bonds is 25. The molecule has 7 rings (SSSR count). The maximum Gasteiger partial charge on any atom is 0.338 e. The molecule has 0 aromatic heterocycles. The third-order valence-electron chi connectivity index (χ3n) is 13.0. The lowest BCUT2D eigenvalue weighted by molar-refractivity contribution is -0.147. The molecule has 6 unspecified atom stereocenters. The Labute approximate surface area is 437 Å². The van der Waals surface area contributed by atoms with Crippen molar-refractivity contribution in [1.82, 2.24) is 0 Å². The first-order chi connectivity index (χ1) is 36.3. The molecule has 0 spiro atoms. The summed E-state index contributed by atoms with van der Waals surface area (Å²) in [7, 11) is -1.17. The second kappa shape index (κ2) is 27.5. The monoisotopic (exact) mass is 1050 g/mol. The topological polar surface area (TPSA) is 203 Å². The molecular weight excluding hydrogens is 985 g/mol. The zero-order valence-electron chi connectivity index (χ0n) is 42.1. The molecule has 16 nitrogen and oxygen atoms in total. The van der Waals surface area contributed by atoms with Gasteiger partial charge in [0.15, 0.2) is 9.84 Å². The van der Waals surface area contributed by atoms with Crippen molar-refractivity contribution in [3.8, 4) is 0 Å². The molecule has 0 aliphatic carbocycles. The molecule has 8 atom stereocenters. The summed E-state index contributed by atoms with van der Waals surface area (Å²) in [5.74, 6) is -4.37. The summed E-state index contributed by atoms with van der Waals surface area (Å²) in [4.78, 5) is 66.1. The van der Waals surface area contributed by atoms with Crippen LogP contribution in [-0.4, -0.2) is 127 Å². The first-order valence-corrected chi connectivity index (χ1v) is 26.4. The first kappa shape index (κ1) is 55.7.